The average molecular weight is 411 g/mol. The van der Waals surface area contributed by atoms with E-state index in [-0.39, 0.29) is 29.9 Å². The molecule has 0 saturated carbocycles. The Morgan fingerprint density at radius 3 is 1.73 bits per heavy atom. The van der Waals surface area contributed by atoms with E-state index in [0.29, 0.717) is 38.1 Å². The molecule has 0 saturated heterocycles. The van der Waals surface area contributed by atoms with E-state index < -0.39 is 0 Å². The lowest BCUT2D eigenvalue weighted by Gasteiger charge is -2.04. The van der Waals surface area contributed by atoms with Crippen molar-refractivity contribution in [1.82, 2.24) is 21.5 Å². The van der Waals surface area contributed by atoms with Gasteiger partial charge < -0.3 is 10.6 Å². The van der Waals surface area contributed by atoms with Gasteiger partial charge in [0.2, 0.25) is 17.7 Å². The Hall–Kier alpha value is -1.34. The lowest BCUT2D eigenvalue weighted by atomic mass is 10.4. The zero-order valence-corrected chi connectivity index (χ0v) is 16.9. The summed E-state index contributed by atoms with van der Waals surface area (Å²) in [4.78, 5) is 43.0. The summed E-state index contributed by atoms with van der Waals surface area (Å²) in [6, 6.07) is 0. The molecule has 0 aliphatic rings. The molecule has 0 rings (SSSR count). The number of nitrogens with one attached hydrogen (secondary N) is 4. The maximum absolute atomic E-state index is 11.3. The number of amides is 3. The van der Waals surface area contributed by atoms with E-state index in [1.54, 1.807) is 35.6 Å². The summed E-state index contributed by atoms with van der Waals surface area (Å²) in [6.45, 7) is 2.53. The van der Waals surface area contributed by atoms with Crippen molar-refractivity contribution in [2.75, 3.05) is 31.6 Å². The Kier molecular flexibility index (Phi) is 20.7. The van der Waals surface area contributed by atoms with Crippen LogP contribution in [0, 0.1) is 0 Å². The summed E-state index contributed by atoms with van der Waals surface area (Å²) >= 11 is 0. The van der Waals surface area contributed by atoms with Gasteiger partial charge in [-0.05, 0) is 14.0 Å². The van der Waals surface area contributed by atoms with Gasteiger partial charge in [-0.2, -0.15) is 0 Å². The fraction of sp³-hybridized carbons (Fsp3) is 0.714. The summed E-state index contributed by atoms with van der Waals surface area (Å²) in [5.41, 5.74) is 4.01. The van der Waals surface area contributed by atoms with Gasteiger partial charge in [-0.15, -0.1) is 0 Å². The number of nitrogens with two attached hydrogens (primary N) is 2. The second-order valence-corrected chi connectivity index (χ2v) is 7.64. The lowest BCUT2D eigenvalue weighted by Crippen LogP contribution is -2.34. The molecule has 26 heavy (non-hydrogen) atoms. The fourth-order valence-electron chi connectivity index (χ4n) is 1.22. The molecule has 0 spiro atoms. The Balaban J connectivity index is 0. The first kappa shape index (κ1) is 26.9. The number of hydrazine groups is 2. The zero-order valence-electron chi connectivity index (χ0n) is 15.3. The summed E-state index contributed by atoms with van der Waals surface area (Å²) in [7, 11) is 4.94. The minimum Gasteiger partial charge on any atom is -0.356 e. The molecule has 0 radical (unpaired) electrons. The van der Waals surface area contributed by atoms with Crippen LogP contribution in [0.2, 0.25) is 0 Å². The van der Waals surface area contributed by atoms with E-state index >= 15 is 0 Å². The first-order valence-corrected chi connectivity index (χ1v) is 10.5. The molecule has 0 fully saturated rings. The first-order valence-electron chi connectivity index (χ1n) is 8.01. The van der Waals surface area contributed by atoms with Crippen LogP contribution in [0.1, 0.15) is 32.6 Å². The molecule has 12 heteroatoms. The maximum atomic E-state index is 11.3. The van der Waals surface area contributed by atoms with Crippen molar-refractivity contribution in [2.24, 2.45) is 11.7 Å². The molecule has 8 N–H and O–H groups in total. The van der Waals surface area contributed by atoms with Crippen LogP contribution in [0.15, 0.2) is 0 Å². The molecule has 152 valence electrons. The van der Waals surface area contributed by atoms with Crippen molar-refractivity contribution in [3.63, 3.8) is 0 Å². The fourth-order valence-corrected chi connectivity index (χ4v) is 3.31. The Morgan fingerprint density at radius 2 is 1.27 bits per heavy atom. The molecular weight excluding hydrogens is 380 g/mol. The van der Waals surface area contributed by atoms with Crippen LogP contribution in [0.3, 0.4) is 0 Å². The number of hydrogen-bond donors (Lipinski definition) is 6. The van der Waals surface area contributed by atoms with Gasteiger partial charge >= 0.3 is 0 Å². The number of rotatable bonds is 13. The van der Waals surface area contributed by atoms with Crippen LogP contribution < -0.4 is 33.2 Å². The van der Waals surface area contributed by atoms with Gasteiger partial charge in [-0.1, -0.05) is 21.6 Å². The zero-order chi connectivity index (χ0) is 20.2. The topological polar surface area (TPSA) is 168 Å². The van der Waals surface area contributed by atoms with E-state index in [0.717, 1.165) is 5.75 Å². The third-order valence-electron chi connectivity index (χ3n) is 2.63. The van der Waals surface area contributed by atoms with E-state index in [1.165, 1.54) is 0 Å². The normalized spacial score (nSPS) is 9.54. The standard InChI is InChI=1S/C10H19N3O3S2.C4H11N3O/c1-8(14)3-6-17-18-7-4-9(15)12-5-2-10(16)13-11;1-6-3-2-4(8)7-5/h2-7,11H2,1H3,(H,12,15)(H,13,16);6H,2-3,5H2,1H3,(H,7,8). The highest BCUT2D eigenvalue weighted by molar-refractivity contribution is 8.76. The molecule has 0 bridgehead atoms. The minimum absolute atomic E-state index is 0.0838. The van der Waals surface area contributed by atoms with Crippen LogP contribution in [0.4, 0.5) is 0 Å². The lowest BCUT2D eigenvalue weighted by molar-refractivity contribution is -0.123. The van der Waals surface area contributed by atoms with Gasteiger partial charge in [-0.25, -0.2) is 11.7 Å². The SMILES string of the molecule is CC(=O)CCSSCCC(=O)NCCC(=O)NN.CNCCC(=O)NN. The highest BCUT2D eigenvalue weighted by Gasteiger charge is 2.03. The monoisotopic (exact) mass is 410 g/mol. The summed E-state index contributed by atoms with van der Waals surface area (Å²) in [5.74, 6) is 10.8. The third kappa shape index (κ3) is 22.7. The van der Waals surface area contributed by atoms with Crippen LogP contribution in [0.25, 0.3) is 0 Å². The van der Waals surface area contributed by atoms with Crippen molar-refractivity contribution in [3.05, 3.63) is 0 Å². The third-order valence-corrected chi connectivity index (χ3v) is 5.04. The van der Waals surface area contributed by atoms with E-state index in [2.05, 4.69) is 10.6 Å². The van der Waals surface area contributed by atoms with Gasteiger partial charge in [0, 0.05) is 50.3 Å². The summed E-state index contributed by atoms with van der Waals surface area (Å²) in [5, 5.41) is 5.44. The van der Waals surface area contributed by atoms with E-state index in [1.807, 2.05) is 10.9 Å². The molecule has 0 unspecified atom stereocenters. The van der Waals surface area contributed by atoms with Gasteiger partial charge in [0.05, 0.1) is 0 Å². The minimum atomic E-state index is -0.301. The van der Waals surface area contributed by atoms with Gasteiger partial charge in [-0.3, -0.25) is 30.0 Å². The van der Waals surface area contributed by atoms with Crippen molar-refractivity contribution >= 4 is 45.1 Å². The Labute approximate surface area is 162 Å². The average Bonchev–Trinajstić information content (AvgIpc) is 2.62. The smallest absolute Gasteiger partial charge is 0.235 e. The van der Waals surface area contributed by atoms with Crippen molar-refractivity contribution < 1.29 is 19.2 Å². The second-order valence-electron chi connectivity index (χ2n) is 4.93. The number of Topliss-reactive ketones (excluding diaryl/α,β-unsaturated/α-hetero) is 1. The molecular formula is C14H30N6O4S2. The van der Waals surface area contributed by atoms with Gasteiger partial charge in [0.25, 0.3) is 0 Å². The Bertz CT molecular complexity index is 426. The maximum Gasteiger partial charge on any atom is 0.235 e. The molecule has 0 aliphatic heterocycles. The molecule has 0 aromatic carbocycles. The predicted molar refractivity (Wildman–Crippen MR) is 106 cm³/mol. The van der Waals surface area contributed by atoms with Gasteiger partial charge in [0.1, 0.15) is 5.78 Å². The number of ketones is 1. The van der Waals surface area contributed by atoms with Crippen LogP contribution in [0.5, 0.6) is 0 Å². The highest BCUT2D eigenvalue weighted by atomic mass is 33.1. The number of hydrogen-bond acceptors (Lipinski definition) is 9. The van der Waals surface area contributed by atoms with Crippen LogP contribution in [-0.4, -0.2) is 55.1 Å². The van der Waals surface area contributed by atoms with Gasteiger partial charge in [0.15, 0.2) is 0 Å². The molecule has 0 aliphatic carbocycles. The molecule has 0 aromatic rings. The first-order chi connectivity index (χ1) is 12.4. The van der Waals surface area contributed by atoms with Crippen molar-refractivity contribution in [1.29, 1.82) is 0 Å². The quantitative estimate of drug-likeness (QED) is 0.0719. The molecule has 0 aromatic heterocycles. The van der Waals surface area contributed by atoms with E-state index in [9.17, 15) is 19.2 Å². The predicted octanol–water partition coefficient (Wildman–Crippen LogP) is -1.18. The number of carbonyl (C=O) groups excluding carboxylic acids is 4. The van der Waals surface area contributed by atoms with Crippen molar-refractivity contribution in [3.8, 4) is 0 Å². The molecule has 0 atom stereocenters. The van der Waals surface area contributed by atoms with Crippen LogP contribution >= 0.6 is 21.6 Å². The molecule has 0 heterocycles. The molecule has 3 amide bonds. The number of carbonyl (C=O) groups is 4. The second kappa shape index (κ2) is 20.0. The van der Waals surface area contributed by atoms with Crippen LogP contribution in [-0.2, 0) is 19.2 Å². The largest absolute Gasteiger partial charge is 0.356 e. The Morgan fingerprint density at radius 1 is 0.769 bits per heavy atom. The summed E-state index contributed by atoms with van der Waals surface area (Å²) in [6.07, 6.45) is 1.59. The highest BCUT2D eigenvalue weighted by Crippen LogP contribution is 2.22. The van der Waals surface area contributed by atoms with Crippen molar-refractivity contribution in [2.45, 2.75) is 32.6 Å². The molecule has 10 nitrogen and oxygen atoms in total. The van der Waals surface area contributed by atoms with E-state index in [4.69, 9.17) is 11.7 Å². The summed E-state index contributed by atoms with van der Waals surface area (Å²) < 4.78 is 0.